The van der Waals surface area contributed by atoms with Gasteiger partial charge in [-0.15, -0.1) is 0 Å². The molecule has 0 aromatic heterocycles. The van der Waals surface area contributed by atoms with Crippen molar-refractivity contribution in [1.82, 2.24) is 0 Å². The number of carbonyl (C=O) groups is 1. The molecule has 0 N–H and O–H groups in total. The number of methoxy groups -OCH3 is 1. The first kappa shape index (κ1) is 20.5. The van der Waals surface area contributed by atoms with Crippen molar-refractivity contribution < 1.29 is 35.3 Å². The van der Waals surface area contributed by atoms with Crippen LogP contribution in [-0.4, -0.2) is 26.8 Å². The van der Waals surface area contributed by atoms with Crippen LogP contribution in [-0.2, 0) is 21.3 Å². The van der Waals surface area contributed by atoms with E-state index in [0.29, 0.717) is 30.5 Å². The molecular weight excluding hydrogens is 409 g/mol. The minimum absolute atomic E-state index is 0.0342. The lowest BCUT2D eigenvalue weighted by molar-refractivity contribution is -0.129. The molecule has 9 heteroatoms. The van der Waals surface area contributed by atoms with Crippen molar-refractivity contribution in [2.24, 2.45) is 17.3 Å². The SMILES string of the molecule is COc1cc2c(cc1OS(=O)(=O)C(F)(F)F)CC[C@@H]1[C@@H]2CC[C@]2(C)C(=O)CC[C@@H]12. The molecule has 3 aliphatic rings. The Bertz CT molecular complexity index is 956. The number of ketones is 1. The van der Waals surface area contributed by atoms with Gasteiger partial charge in [0.2, 0.25) is 0 Å². The summed E-state index contributed by atoms with van der Waals surface area (Å²) in [5.74, 6) is 0.694. The molecule has 0 bridgehead atoms. The predicted octanol–water partition coefficient (Wildman–Crippen LogP) is 4.35. The van der Waals surface area contributed by atoms with Crippen molar-refractivity contribution in [2.45, 2.75) is 56.9 Å². The van der Waals surface area contributed by atoms with Gasteiger partial charge in [-0.25, -0.2) is 0 Å². The minimum Gasteiger partial charge on any atom is -0.493 e. The highest BCUT2D eigenvalue weighted by molar-refractivity contribution is 7.88. The fourth-order valence-corrected chi connectivity index (χ4v) is 6.20. The van der Waals surface area contributed by atoms with Crippen LogP contribution in [0.4, 0.5) is 13.2 Å². The van der Waals surface area contributed by atoms with Crippen LogP contribution in [0.5, 0.6) is 11.5 Å². The highest BCUT2D eigenvalue weighted by atomic mass is 32.2. The van der Waals surface area contributed by atoms with Gasteiger partial charge >= 0.3 is 15.6 Å². The Balaban J connectivity index is 1.69. The molecule has 0 radical (unpaired) electrons. The van der Waals surface area contributed by atoms with Crippen LogP contribution in [0.2, 0.25) is 0 Å². The van der Waals surface area contributed by atoms with Gasteiger partial charge in [0.15, 0.2) is 11.5 Å². The molecule has 160 valence electrons. The molecule has 5 nitrogen and oxygen atoms in total. The normalized spacial score (nSPS) is 31.6. The maximum atomic E-state index is 12.7. The third kappa shape index (κ3) is 3.12. The third-order valence-electron chi connectivity index (χ3n) is 7.20. The van der Waals surface area contributed by atoms with Gasteiger partial charge in [0.1, 0.15) is 5.78 Å². The summed E-state index contributed by atoms with van der Waals surface area (Å²) >= 11 is 0. The summed E-state index contributed by atoms with van der Waals surface area (Å²) in [6.45, 7) is 2.07. The van der Waals surface area contributed by atoms with Crippen molar-refractivity contribution in [3.63, 3.8) is 0 Å². The molecule has 4 atom stereocenters. The molecule has 0 aliphatic heterocycles. The Morgan fingerprint density at radius 1 is 1.10 bits per heavy atom. The van der Waals surface area contributed by atoms with Crippen molar-refractivity contribution in [3.8, 4) is 11.5 Å². The van der Waals surface area contributed by atoms with E-state index >= 15 is 0 Å². The van der Waals surface area contributed by atoms with Crippen LogP contribution in [0, 0.1) is 17.3 Å². The maximum Gasteiger partial charge on any atom is 0.534 e. The summed E-state index contributed by atoms with van der Waals surface area (Å²) in [5.41, 5.74) is -4.03. The minimum atomic E-state index is -5.78. The van der Waals surface area contributed by atoms with E-state index in [9.17, 15) is 26.4 Å². The first-order valence-corrected chi connectivity index (χ1v) is 11.1. The Hall–Kier alpha value is -1.77. The second kappa shape index (κ2) is 6.62. The van der Waals surface area contributed by atoms with Crippen LogP contribution < -0.4 is 8.92 Å². The standard InChI is InChI=1S/C20H23F3O5S/c1-19-8-7-12-13(15(19)5-6-18(19)24)4-3-11-9-17(16(27-2)10-14(11)12)28-29(25,26)20(21,22)23/h9-10,12-13,15H,3-8H2,1-2H3/t12-,13+,15-,19-/m0/s1. The number of rotatable bonds is 3. The zero-order chi connectivity index (χ0) is 21.2. The summed E-state index contributed by atoms with van der Waals surface area (Å²) in [6.07, 6.45) is 4.53. The monoisotopic (exact) mass is 432 g/mol. The second-order valence-corrected chi connectivity index (χ2v) is 10.1. The topological polar surface area (TPSA) is 69.7 Å². The summed E-state index contributed by atoms with van der Waals surface area (Å²) in [7, 11) is -4.51. The van der Waals surface area contributed by atoms with Gasteiger partial charge in [-0.05, 0) is 73.1 Å². The molecule has 4 rings (SSSR count). The van der Waals surface area contributed by atoms with E-state index in [0.717, 1.165) is 36.8 Å². The number of Topliss-reactive ketones (excluding diaryl/α,β-unsaturated/α-hetero) is 1. The lowest BCUT2D eigenvalue weighted by Gasteiger charge is -2.48. The second-order valence-electron chi connectivity index (χ2n) is 8.52. The summed E-state index contributed by atoms with van der Waals surface area (Å²) in [4.78, 5) is 12.4. The molecule has 1 aromatic rings. The van der Waals surface area contributed by atoms with E-state index in [-0.39, 0.29) is 17.1 Å². The zero-order valence-electron chi connectivity index (χ0n) is 16.2. The van der Waals surface area contributed by atoms with Gasteiger partial charge in [0, 0.05) is 11.8 Å². The van der Waals surface area contributed by atoms with Gasteiger partial charge in [-0.1, -0.05) is 6.92 Å². The lowest BCUT2D eigenvalue weighted by Crippen LogP contribution is -2.42. The van der Waals surface area contributed by atoms with Crippen LogP contribution >= 0.6 is 0 Å². The largest absolute Gasteiger partial charge is 0.534 e. The number of hydrogen-bond donors (Lipinski definition) is 0. The fraction of sp³-hybridized carbons (Fsp3) is 0.650. The van der Waals surface area contributed by atoms with E-state index in [1.165, 1.54) is 13.2 Å². The molecule has 0 unspecified atom stereocenters. The Labute approximate surface area is 167 Å². The number of aryl methyl sites for hydroxylation is 1. The molecule has 3 aliphatic carbocycles. The molecule has 2 fully saturated rings. The molecule has 2 saturated carbocycles. The van der Waals surface area contributed by atoms with Gasteiger partial charge in [-0.2, -0.15) is 21.6 Å². The summed E-state index contributed by atoms with van der Waals surface area (Å²) in [6, 6.07) is 2.98. The number of carbonyl (C=O) groups excluding carboxylic acids is 1. The molecule has 0 heterocycles. The summed E-state index contributed by atoms with van der Waals surface area (Å²) in [5, 5.41) is 0. The average Bonchev–Trinajstić information content (AvgIpc) is 2.94. The number of hydrogen-bond acceptors (Lipinski definition) is 5. The van der Waals surface area contributed by atoms with E-state index in [4.69, 9.17) is 4.74 Å². The molecule has 0 saturated heterocycles. The van der Waals surface area contributed by atoms with Crippen molar-refractivity contribution in [1.29, 1.82) is 0 Å². The van der Waals surface area contributed by atoms with Crippen molar-refractivity contribution in [2.75, 3.05) is 7.11 Å². The number of benzene rings is 1. The smallest absolute Gasteiger partial charge is 0.493 e. The van der Waals surface area contributed by atoms with Gasteiger partial charge in [0.25, 0.3) is 0 Å². The van der Waals surface area contributed by atoms with Crippen LogP contribution in [0.25, 0.3) is 0 Å². The van der Waals surface area contributed by atoms with Crippen molar-refractivity contribution in [3.05, 3.63) is 23.3 Å². The molecule has 0 spiro atoms. The number of fused-ring (bicyclic) bond motifs is 5. The van der Waals surface area contributed by atoms with Crippen LogP contribution in [0.3, 0.4) is 0 Å². The lowest BCUT2D eigenvalue weighted by atomic mass is 9.55. The van der Waals surface area contributed by atoms with Gasteiger partial charge in [-0.3, -0.25) is 4.79 Å². The Kier molecular flexibility index (Phi) is 4.68. The first-order valence-electron chi connectivity index (χ1n) is 9.73. The van der Waals surface area contributed by atoms with Crippen LogP contribution in [0.1, 0.15) is 56.1 Å². The van der Waals surface area contributed by atoms with Crippen molar-refractivity contribution >= 4 is 15.9 Å². The van der Waals surface area contributed by atoms with E-state index in [1.807, 2.05) is 0 Å². The zero-order valence-corrected chi connectivity index (χ0v) is 17.0. The molecule has 0 amide bonds. The Morgan fingerprint density at radius 3 is 2.48 bits per heavy atom. The number of ether oxygens (including phenoxy) is 1. The van der Waals surface area contributed by atoms with E-state index < -0.39 is 21.4 Å². The average molecular weight is 432 g/mol. The maximum absolute atomic E-state index is 12.7. The molecule has 29 heavy (non-hydrogen) atoms. The highest BCUT2D eigenvalue weighted by Crippen LogP contribution is 2.60. The van der Waals surface area contributed by atoms with E-state index in [1.54, 1.807) is 6.07 Å². The molecular formula is C20H23F3O5S. The predicted molar refractivity (Wildman–Crippen MR) is 98.2 cm³/mol. The highest BCUT2D eigenvalue weighted by Gasteiger charge is 2.55. The number of halogens is 3. The van der Waals surface area contributed by atoms with Gasteiger partial charge in [0.05, 0.1) is 7.11 Å². The quantitative estimate of drug-likeness (QED) is 0.525. The van der Waals surface area contributed by atoms with E-state index in [2.05, 4.69) is 11.1 Å². The molecule has 1 aromatic carbocycles. The number of alkyl halides is 3. The van der Waals surface area contributed by atoms with Gasteiger partial charge < -0.3 is 8.92 Å². The summed E-state index contributed by atoms with van der Waals surface area (Å²) < 4.78 is 70.6. The van der Waals surface area contributed by atoms with Crippen LogP contribution in [0.15, 0.2) is 12.1 Å². The fourth-order valence-electron chi connectivity index (χ4n) is 5.74. The third-order valence-corrected chi connectivity index (χ3v) is 8.17. The first-order chi connectivity index (χ1) is 13.5. The Morgan fingerprint density at radius 2 is 1.83 bits per heavy atom.